The van der Waals surface area contributed by atoms with E-state index in [4.69, 9.17) is 0 Å². The lowest BCUT2D eigenvalue weighted by Crippen LogP contribution is -2.25. The van der Waals surface area contributed by atoms with Crippen LogP contribution >= 0.6 is 0 Å². The molecule has 0 amide bonds. The van der Waals surface area contributed by atoms with Gasteiger partial charge in [0.25, 0.3) is 0 Å². The van der Waals surface area contributed by atoms with Crippen LogP contribution in [0.15, 0.2) is 17.3 Å². The van der Waals surface area contributed by atoms with E-state index in [1.54, 1.807) is 31.0 Å². The molecule has 0 atom stereocenters. The van der Waals surface area contributed by atoms with Crippen LogP contribution in [0.3, 0.4) is 0 Å². The largest absolute Gasteiger partial charge is 0.311 e. The highest BCUT2D eigenvalue weighted by molar-refractivity contribution is 7.89. The Morgan fingerprint density at radius 2 is 2.14 bits per heavy atom. The SMILES string of the molecule is CCNCc1n[nH]c(C)c1S(=O)(=O)NCc1cnn(C)c1. The molecule has 0 bridgehead atoms. The standard InChI is InChI=1S/C12H20N6O2S/c1-4-13-7-11-12(9(2)16-17-11)21(19,20)15-6-10-5-14-18(3)8-10/h5,8,13,15H,4,6-7H2,1-3H3,(H,16,17). The fourth-order valence-corrected chi connectivity index (χ4v) is 3.38. The lowest BCUT2D eigenvalue weighted by molar-refractivity contribution is 0.578. The van der Waals surface area contributed by atoms with Crippen molar-refractivity contribution in [3.05, 3.63) is 29.3 Å². The fraction of sp³-hybridized carbons (Fsp3) is 0.500. The molecule has 0 radical (unpaired) electrons. The Balaban J connectivity index is 2.17. The van der Waals surface area contributed by atoms with Gasteiger partial charge < -0.3 is 5.32 Å². The summed E-state index contributed by atoms with van der Waals surface area (Å²) in [5.74, 6) is 0. The predicted molar refractivity (Wildman–Crippen MR) is 77.9 cm³/mol. The Kier molecular flexibility index (Phi) is 4.76. The van der Waals surface area contributed by atoms with Gasteiger partial charge in [-0.25, -0.2) is 13.1 Å². The second-order valence-electron chi connectivity index (χ2n) is 4.75. The molecule has 0 saturated heterocycles. The molecule has 2 rings (SSSR count). The van der Waals surface area contributed by atoms with Crippen molar-refractivity contribution in [1.82, 2.24) is 30.0 Å². The van der Waals surface area contributed by atoms with Crippen molar-refractivity contribution < 1.29 is 8.42 Å². The van der Waals surface area contributed by atoms with Crippen LogP contribution < -0.4 is 10.0 Å². The summed E-state index contributed by atoms with van der Waals surface area (Å²) < 4.78 is 29.1. The van der Waals surface area contributed by atoms with Crippen LogP contribution in [0.1, 0.15) is 23.9 Å². The zero-order valence-electron chi connectivity index (χ0n) is 12.3. The fourth-order valence-electron chi connectivity index (χ4n) is 2.00. The van der Waals surface area contributed by atoms with Crippen LogP contribution in [-0.2, 0) is 30.2 Å². The van der Waals surface area contributed by atoms with Crippen LogP contribution in [0, 0.1) is 6.92 Å². The molecule has 0 fully saturated rings. The minimum Gasteiger partial charge on any atom is -0.311 e. The topological polar surface area (TPSA) is 105 Å². The van der Waals surface area contributed by atoms with Gasteiger partial charge in [-0.2, -0.15) is 10.2 Å². The van der Waals surface area contributed by atoms with E-state index in [1.165, 1.54) is 0 Å². The summed E-state index contributed by atoms with van der Waals surface area (Å²) in [6.07, 6.45) is 3.40. The molecule has 8 nitrogen and oxygen atoms in total. The van der Waals surface area contributed by atoms with Crippen LogP contribution in [0.25, 0.3) is 0 Å². The van der Waals surface area contributed by atoms with Crippen LogP contribution in [0.5, 0.6) is 0 Å². The van der Waals surface area contributed by atoms with Gasteiger partial charge >= 0.3 is 0 Å². The first-order chi connectivity index (χ1) is 9.94. The van der Waals surface area contributed by atoms with Gasteiger partial charge in [-0.05, 0) is 13.5 Å². The Morgan fingerprint density at radius 3 is 2.76 bits per heavy atom. The molecule has 0 aromatic carbocycles. The minimum absolute atomic E-state index is 0.196. The Hall–Kier alpha value is -1.71. The van der Waals surface area contributed by atoms with E-state index in [2.05, 4.69) is 25.3 Å². The average molecular weight is 312 g/mol. The molecular weight excluding hydrogens is 292 g/mol. The van der Waals surface area contributed by atoms with Crippen LogP contribution in [-0.4, -0.2) is 34.9 Å². The molecule has 0 aliphatic carbocycles. The van der Waals surface area contributed by atoms with Gasteiger partial charge in [0.2, 0.25) is 10.0 Å². The maximum atomic E-state index is 12.5. The molecule has 0 spiro atoms. The molecule has 21 heavy (non-hydrogen) atoms. The Morgan fingerprint density at radius 1 is 1.38 bits per heavy atom. The van der Waals surface area contributed by atoms with Gasteiger partial charge in [-0.15, -0.1) is 0 Å². The smallest absolute Gasteiger partial charge is 0.244 e. The number of hydrogen-bond acceptors (Lipinski definition) is 5. The molecule has 2 aromatic heterocycles. The van der Waals surface area contributed by atoms with Crippen LogP contribution in [0.4, 0.5) is 0 Å². The zero-order valence-corrected chi connectivity index (χ0v) is 13.2. The summed E-state index contributed by atoms with van der Waals surface area (Å²) in [6.45, 7) is 5.00. The number of nitrogens with one attached hydrogen (secondary N) is 3. The first kappa shape index (κ1) is 15.7. The molecule has 0 unspecified atom stereocenters. The first-order valence-corrected chi connectivity index (χ1v) is 8.14. The second kappa shape index (κ2) is 6.37. The molecule has 0 aliphatic heterocycles. The summed E-state index contributed by atoms with van der Waals surface area (Å²) in [5, 5.41) is 13.9. The average Bonchev–Trinajstić information content (AvgIpc) is 3.00. The maximum absolute atomic E-state index is 12.5. The highest BCUT2D eigenvalue weighted by atomic mass is 32.2. The van der Waals surface area contributed by atoms with E-state index in [-0.39, 0.29) is 11.4 Å². The number of nitrogens with zero attached hydrogens (tertiary/aromatic N) is 3. The lowest BCUT2D eigenvalue weighted by atomic mass is 10.3. The van der Waals surface area contributed by atoms with Crippen LogP contribution in [0.2, 0.25) is 0 Å². The van der Waals surface area contributed by atoms with E-state index in [0.717, 1.165) is 12.1 Å². The molecule has 0 saturated carbocycles. The molecule has 2 aromatic rings. The van der Waals surface area contributed by atoms with Gasteiger partial charge in [-0.3, -0.25) is 9.78 Å². The summed E-state index contributed by atoms with van der Waals surface area (Å²) in [6, 6.07) is 0. The molecule has 3 N–H and O–H groups in total. The Labute approximate surface area is 124 Å². The van der Waals surface area contributed by atoms with E-state index in [0.29, 0.717) is 17.9 Å². The third-order valence-corrected chi connectivity index (χ3v) is 4.60. The number of aryl methyl sites for hydroxylation is 2. The van der Waals surface area contributed by atoms with Gasteiger partial charge in [0.15, 0.2) is 0 Å². The van der Waals surface area contributed by atoms with Crippen molar-refractivity contribution in [3.8, 4) is 0 Å². The van der Waals surface area contributed by atoms with Crippen molar-refractivity contribution >= 4 is 10.0 Å². The van der Waals surface area contributed by atoms with Crippen molar-refractivity contribution in [3.63, 3.8) is 0 Å². The van der Waals surface area contributed by atoms with Crippen molar-refractivity contribution in [2.24, 2.45) is 7.05 Å². The quantitative estimate of drug-likeness (QED) is 0.669. The predicted octanol–water partition coefficient (Wildman–Crippen LogP) is 0.0396. The minimum atomic E-state index is -3.62. The number of rotatable bonds is 7. The zero-order chi connectivity index (χ0) is 15.5. The highest BCUT2D eigenvalue weighted by Gasteiger charge is 2.23. The number of hydrogen-bond donors (Lipinski definition) is 3. The summed E-state index contributed by atoms with van der Waals surface area (Å²) in [7, 11) is -1.83. The molecule has 0 aliphatic rings. The lowest BCUT2D eigenvalue weighted by Gasteiger charge is -2.07. The van der Waals surface area contributed by atoms with E-state index in [1.807, 2.05) is 6.92 Å². The molecular formula is C12H20N6O2S. The maximum Gasteiger partial charge on any atom is 0.244 e. The molecule has 2 heterocycles. The van der Waals surface area contributed by atoms with Crippen molar-refractivity contribution in [2.75, 3.05) is 6.54 Å². The summed E-state index contributed by atoms with van der Waals surface area (Å²) in [5.41, 5.74) is 1.82. The summed E-state index contributed by atoms with van der Waals surface area (Å²) in [4.78, 5) is 0.215. The monoisotopic (exact) mass is 312 g/mol. The molecule has 116 valence electrons. The van der Waals surface area contributed by atoms with Gasteiger partial charge in [0.1, 0.15) is 4.90 Å². The number of sulfonamides is 1. The highest BCUT2D eigenvalue weighted by Crippen LogP contribution is 2.17. The third-order valence-electron chi connectivity index (χ3n) is 3.00. The van der Waals surface area contributed by atoms with E-state index >= 15 is 0 Å². The normalized spacial score (nSPS) is 12.0. The third kappa shape index (κ3) is 3.69. The van der Waals surface area contributed by atoms with Gasteiger partial charge in [-0.1, -0.05) is 6.92 Å². The number of H-pyrrole nitrogens is 1. The first-order valence-electron chi connectivity index (χ1n) is 6.65. The number of aromatic nitrogens is 4. The van der Waals surface area contributed by atoms with Crippen molar-refractivity contribution in [2.45, 2.75) is 31.8 Å². The van der Waals surface area contributed by atoms with Crippen molar-refractivity contribution in [1.29, 1.82) is 0 Å². The Bertz CT molecular complexity index is 703. The van der Waals surface area contributed by atoms with E-state index in [9.17, 15) is 8.42 Å². The van der Waals surface area contributed by atoms with Gasteiger partial charge in [0, 0.05) is 31.9 Å². The second-order valence-corrected chi connectivity index (χ2v) is 6.46. The van der Waals surface area contributed by atoms with Gasteiger partial charge in [0.05, 0.1) is 17.6 Å². The molecule has 9 heteroatoms. The number of aromatic amines is 1. The summed E-state index contributed by atoms with van der Waals surface area (Å²) >= 11 is 0. The van der Waals surface area contributed by atoms with E-state index < -0.39 is 10.0 Å².